The van der Waals surface area contributed by atoms with Gasteiger partial charge in [-0.1, -0.05) is 34.1 Å². The van der Waals surface area contributed by atoms with Gasteiger partial charge in [0.1, 0.15) is 11.4 Å². The normalized spacial score (nSPS) is 19.5. The number of hydrogen-bond donors (Lipinski definition) is 1. The van der Waals surface area contributed by atoms with Gasteiger partial charge in [0.2, 0.25) is 0 Å². The standard InChI is InChI=1S/C17H17Br2NO/c1-17(2)10-15(12-5-3-4-6-16(12)21-17)20-14-8-7-11(18)9-13(14)19/h3-9,15,20H,10H2,1-2H3. The number of benzene rings is 2. The molecule has 2 aromatic carbocycles. The monoisotopic (exact) mass is 409 g/mol. The molecule has 1 aliphatic heterocycles. The van der Waals surface area contributed by atoms with Gasteiger partial charge < -0.3 is 10.1 Å². The van der Waals surface area contributed by atoms with Crippen molar-refractivity contribution in [1.82, 2.24) is 0 Å². The maximum Gasteiger partial charge on any atom is 0.125 e. The highest BCUT2D eigenvalue weighted by Gasteiger charge is 2.33. The number of nitrogens with one attached hydrogen (secondary N) is 1. The Morgan fingerprint density at radius 2 is 1.90 bits per heavy atom. The Kier molecular flexibility index (Phi) is 4.02. The quantitative estimate of drug-likeness (QED) is 0.662. The first kappa shape index (κ1) is 14.9. The Bertz CT molecular complexity index is 670. The first-order valence-electron chi connectivity index (χ1n) is 6.94. The van der Waals surface area contributed by atoms with Crippen molar-refractivity contribution >= 4 is 37.5 Å². The Labute approximate surface area is 142 Å². The van der Waals surface area contributed by atoms with Crippen molar-refractivity contribution in [3.05, 3.63) is 57.0 Å². The molecule has 0 saturated carbocycles. The van der Waals surface area contributed by atoms with Gasteiger partial charge in [0.05, 0.1) is 6.04 Å². The first-order chi connectivity index (χ1) is 9.94. The topological polar surface area (TPSA) is 21.3 Å². The highest BCUT2D eigenvalue weighted by atomic mass is 79.9. The van der Waals surface area contributed by atoms with Crippen molar-refractivity contribution in [3.8, 4) is 5.75 Å². The van der Waals surface area contributed by atoms with E-state index in [1.807, 2.05) is 18.2 Å². The fourth-order valence-corrected chi connectivity index (χ4v) is 3.89. The summed E-state index contributed by atoms with van der Waals surface area (Å²) in [5.41, 5.74) is 2.13. The molecule has 1 N–H and O–H groups in total. The van der Waals surface area contributed by atoms with E-state index in [1.54, 1.807) is 0 Å². The molecular weight excluding hydrogens is 394 g/mol. The summed E-state index contributed by atoms with van der Waals surface area (Å²) >= 11 is 7.11. The van der Waals surface area contributed by atoms with Gasteiger partial charge in [0.25, 0.3) is 0 Å². The summed E-state index contributed by atoms with van der Waals surface area (Å²) in [5.74, 6) is 0.972. The van der Waals surface area contributed by atoms with Crippen molar-refractivity contribution in [3.63, 3.8) is 0 Å². The molecule has 0 saturated heterocycles. The van der Waals surface area contributed by atoms with Crippen LogP contribution < -0.4 is 10.1 Å². The van der Waals surface area contributed by atoms with E-state index in [0.717, 1.165) is 26.8 Å². The molecule has 0 fully saturated rings. The van der Waals surface area contributed by atoms with Crippen LogP contribution in [0.3, 0.4) is 0 Å². The fourth-order valence-electron chi connectivity index (χ4n) is 2.73. The van der Waals surface area contributed by atoms with E-state index in [1.165, 1.54) is 5.56 Å². The average molecular weight is 411 g/mol. The van der Waals surface area contributed by atoms with Crippen LogP contribution in [0.25, 0.3) is 0 Å². The van der Waals surface area contributed by atoms with Crippen LogP contribution in [0.5, 0.6) is 5.75 Å². The van der Waals surface area contributed by atoms with Crippen molar-refractivity contribution in [1.29, 1.82) is 0 Å². The van der Waals surface area contributed by atoms with Crippen molar-refractivity contribution in [2.24, 2.45) is 0 Å². The van der Waals surface area contributed by atoms with Crippen LogP contribution in [0.15, 0.2) is 51.4 Å². The Balaban J connectivity index is 1.94. The van der Waals surface area contributed by atoms with Crippen LogP contribution in [-0.4, -0.2) is 5.60 Å². The van der Waals surface area contributed by atoms with E-state index in [9.17, 15) is 0 Å². The van der Waals surface area contributed by atoms with Gasteiger partial charge in [-0.05, 0) is 54.0 Å². The zero-order chi connectivity index (χ0) is 15.0. The Hall–Kier alpha value is -1.00. The minimum absolute atomic E-state index is 0.173. The molecule has 0 bridgehead atoms. The maximum atomic E-state index is 6.08. The predicted molar refractivity (Wildman–Crippen MR) is 94.0 cm³/mol. The Morgan fingerprint density at radius 3 is 2.67 bits per heavy atom. The third-order valence-electron chi connectivity index (χ3n) is 3.64. The van der Waals surface area contributed by atoms with Gasteiger partial charge >= 0.3 is 0 Å². The number of halogens is 2. The number of hydrogen-bond acceptors (Lipinski definition) is 2. The maximum absolute atomic E-state index is 6.08. The van der Waals surface area contributed by atoms with Gasteiger partial charge in [-0.3, -0.25) is 0 Å². The number of fused-ring (bicyclic) bond motifs is 1. The molecule has 2 nitrogen and oxygen atoms in total. The van der Waals surface area contributed by atoms with Crippen molar-refractivity contribution < 1.29 is 4.74 Å². The molecule has 110 valence electrons. The van der Waals surface area contributed by atoms with Crippen molar-refractivity contribution in [2.75, 3.05) is 5.32 Å². The van der Waals surface area contributed by atoms with Gasteiger partial charge in [-0.15, -0.1) is 0 Å². The lowest BCUT2D eigenvalue weighted by atomic mass is 9.89. The molecule has 21 heavy (non-hydrogen) atoms. The van der Waals surface area contributed by atoms with Crippen LogP contribution in [-0.2, 0) is 0 Å². The largest absolute Gasteiger partial charge is 0.487 e. The SMILES string of the molecule is CC1(C)CC(Nc2ccc(Br)cc2Br)c2ccccc2O1. The van der Waals surface area contributed by atoms with E-state index in [2.05, 4.69) is 75.3 Å². The second-order valence-corrected chi connectivity index (χ2v) is 7.69. The van der Waals surface area contributed by atoms with E-state index in [4.69, 9.17) is 4.74 Å². The summed E-state index contributed by atoms with van der Waals surface area (Å²) in [7, 11) is 0. The minimum Gasteiger partial charge on any atom is -0.487 e. The summed E-state index contributed by atoms with van der Waals surface area (Å²) in [6.07, 6.45) is 0.923. The molecule has 0 amide bonds. The van der Waals surface area contributed by atoms with E-state index in [0.29, 0.717) is 0 Å². The van der Waals surface area contributed by atoms with Crippen LogP contribution in [0.1, 0.15) is 31.9 Å². The van der Waals surface area contributed by atoms with Gasteiger partial charge in [-0.25, -0.2) is 0 Å². The molecule has 0 spiro atoms. The van der Waals surface area contributed by atoms with Crippen LogP contribution in [0, 0.1) is 0 Å². The second-order valence-electron chi connectivity index (χ2n) is 5.92. The number of ether oxygens (including phenoxy) is 1. The van der Waals surface area contributed by atoms with Gasteiger partial charge in [0.15, 0.2) is 0 Å². The van der Waals surface area contributed by atoms with Gasteiger partial charge in [0, 0.05) is 26.6 Å². The third kappa shape index (κ3) is 3.27. The molecule has 1 aliphatic rings. The van der Waals surface area contributed by atoms with E-state index < -0.39 is 0 Å². The van der Waals surface area contributed by atoms with Crippen LogP contribution in [0.2, 0.25) is 0 Å². The summed E-state index contributed by atoms with van der Waals surface area (Å²) in [4.78, 5) is 0. The highest BCUT2D eigenvalue weighted by molar-refractivity contribution is 9.11. The molecule has 2 aromatic rings. The minimum atomic E-state index is -0.173. The summed E-state index contributed by atoms with van der Waals surface area (Å²) in [6, 6.07) is 14.7. The molecule has 0 aromatic heterocycles. The Morgan fingerprint density at radius 1 is 1.14 bits per heavy atom. The van der Waals surface area contributed by atoms with Crippen LogP contribution in [0.4, 0.5) is 5.69 Å². The van der Waals surface area contributed by atoms with E-state index in [-0.39, 0.29) is 11.6 Å². The van der Waals surface area contributed by atoms with E-state index >= 15 is 0 Å². The van der Waals surface area contributed by atoms with Crippen molar-refractivity contribution in [2.45, 2.75) is 31.9 Å². The third-order valence-corrected chi connectivity index (χ3v) is 4.79. The second kappa shape index (κ2) is 5.65. The zero-order valence-corrected chi connectivity index (χ0v) is 15.2. The summed E-state index contributed by atoms with van der Waals surface area (Å²) in [6.45, 7) is 4.27. The summed E-state index contributed by atoms with van der Waals surface area (Å²) in [5, 5.41) is 3.64. The zero-order valence-electron chi connectivity index (χ0n) is 12.0. The first-order valence-corrected chi connectivity index (χ1v) is 8.53. The van der Waals surface area contributed by atoms with Crippen LogP contribution >= 0.6 is 31.9 Å². The molecule has 0 radical (unpaired) electrons. The number of para-hydroxylation sites is 1. The average Bonchev–Trinajstić information content (AvgIpc) is 2.40. The fraction of sp³-hybridized carbons (Fsp3) is 0.294. The smallest absolute Gasteiger partial charge is 0.125 e. The molecule has 1 unspecified atom stereocenters. The molecule has 1 heterocycles. The predicted octanol–water partition coefficient (Wildman–Crippen LogP) is 5.93. The molecular formula is C17H17Br2NO. The molecule has 4 heteroatoms. The molecule has 1 atom stereocenters. The number of rotatable bonds is 2. The lowest BCUT2D eigenvalue weighted by Gasteiger charge is -2.38. The molecule has 3 rings (SSSR count). The number of anilines is 1. The lowest BCUT2D eigenvalue weighted by Crippen LogP contribution is -2.37. The highest BCUT2D eigenvalue weighted by Crippen LogP contribution is 2.41. The lowest BCUT2D eigenvalue weighted by molar-refractivity contribution is 0.0759. The summed E-state index contributed by atoms with van der Waals surface area (Å²) < 4.78 is 8.19. The van der Waals surface area contributed by atoms with Gasteiger partial charge in [-0.2, -0.15) is 0 Å². The molecule has 0 aliphatic carbocycles.